The minimum atomic E-state index is 0.155. The Bertz CT molecular complexity index is 569. The van der Waals surface area contributed by atoms with Gasteiger partial charge in [0.1, 0.15) is 6.10 Å². The molecule has 3 rings (SSSR count). The third kappa shape index (κ3) is 4.92. The van der Waals surface area contributed by atoms with Gasteiger partial charge in [0, 0.05) is 51.0 Å². The molecule has 140 valence electrons. The van der Waals surface area contributed by atoms with E-state index in [0.29, 0.717) is 5.92 Å². The number of guanidine groups is 1. The van der Waals surface area contributed by atoms with Crippen molar-refractivity contribution in [1.29, 1.82) is 0 Å². The standard InChI is InChI=1S/C18H30N4O2S/c1-13(2)17-21-14(12-25-17)6-7-20-18(19-3)22-8-10-24-16(11-22)15-5-4-9-23-15/h12-13,15-16H,4-11H2,1-3H3,(H,19,20). The summed E-state index contributed by atoms with van der Waals surface area (Å²) in [6.45, 7) is 8.53. The minimum absolute atomic E-state index is 0.155. The van der Waals surface area contributed by atoms with Gasteiger partial charge in [-0.3, -0.25) is 4.99 Å². The summed E-state index contributed by atoms with van der Waals surface area (Å²) in [6.07, 6.45) is 3.56. The maximum absolute atomic E-state index is 5.93. The fourth-order valence-corrected chi connectivity index (χ4v) is 4.20. The van der Waals surface area contributed by atoms with Crippen molar-refractivity contribution in [2.75, 3.05) is 39.9 Å². The molecule has 0 amide bonds. The number of hydrogen-bond acceptors (Lipinski definition) is 5. The van der Waals surface area contributed by atoms with Gasteiger partial charge < -0.3 is 19.7 Å². The highest BCUT2D eigenvalue weighted by atomic mass is 32.1. The van der Waals surface area contributed by atoms with Crippen LogP contribution >= 0.6 is 11.3 Å². The summed E-state index contributed by atoms with van der Waals surface area (Å²) in [6, 6.07) is 0. The van der Waals surface area contributed by atoms with Gasteiger partial charge in [0.15, 0.2) is 5.96 Å². The molecule has 7 heteroatoms. The van der Waals surface area contributed by atoms with E-state index in [2.05, 4.69) is 34.4 Å². The van der Waals surface area contributed by atoms with Gasteiger partial charge in [0.25, 0.3) is 0 Å². The third-order valence-electron chi connectivity index (χ3n) is 4.71. The van der Waals surface area contributed by atoms with Gasteiger partial charge in [0.05, 0.1) is 23.4 Å². The monoisotopic (exact) mass is 366 g/mol. The van der Waals surface area contributed by atoms with Gasteiger partial charge in [0.2, 0.25) is 0 Å². The Hall–Kier alpha value is -1.18. The third-order valence-corrected chi connectivity index (χ3v) is 5.91. The summed E-state index contributed by atoms with van der Waals surface area (Å²) in [5, 5.41) is 6.86. The van der Waals surface area contributed by atoms with Crippen LogP contribution in [0, 0.1) is 0 Å². The number of aromatic nitrogens is 1. The molecule has 0 radical (unpaired) electrons. The molecular formula is C18H30N4O2S. The lowest BCUT2D eigenvalue weighted by atomic mass is 10.1. The normalized spacial score (nSPS) is 25.0. The first-order valence-electron chi connectivity index (χ1n) is 9.30. The molecule has 2 aliphatic heterocycles. The fourth-order valence-electron chi connectivity index (χ4n) is 3.33. The SMILES string of the molecule is CN=C(NCCc1csc(C(C)C)n1)N1CCOC(C2CCCO2)C1. The van der Waals surface area contributed by atoms with Crippen LogP contribution in [0.3, 0.4) is 0 Å². The van der Waals surface area contributed by atoms with Crippen LogP contribution in [0.15, 0.2) is 10.4 Å². The van der Waals surface area contributed by atoms with Gasteiger partial charge in [-0.15, -0.1) is 11.3 Å². The number of nitrogens with one attached hydrogen (secondary N) is 1. The molecule has 1 aromatic rings. The van der Waals surface area contributed by atoms with E-state index < -0.39 is 0 Å². The van der Waals surface area contributed by atoms with E-state index in [9.17, 15) is 0 Å². The molecule has 2 saturated heterocycles. The second kappa shape index (κ2) is 8.96. The number of aliphatic imine (C=N–C) groups is 1. The molecule has 0 bridgehead atoms. The summed E-state index contributed by atoms with van der Waals surface area (Å²) in [7, 11) is 1.85. The molecular weight excluding hydrogens is 336 g/mol. The quantitative estimate of drug-likeness (QED) is 0.640. The highest BCUT2D eigenvalue weighted by Gasteiger charge is 2.32. The number of rotatable bonds is 5. The predicted molar refractivity (Wildman–Crippen MR) is 102 cm³/mol. The van der Waals surface area contributed by atoms with Gasteiger partial charge in [-0.25, -0.2) is 4.98 Å². The van der Waals surface area contributed by atoms with E-state index in [1.807, 2.05) is 7.05 Å². The zero-order valence-corrected chi connectivity index (χ0v) is 16.3. The molecule has 2 atom stereocenters. The van der Waals surface area contributed by atoms with Gasteiger partial charge >= 0.3 is 0 Å². The first kappa shape index (κ1) is 18.6. The van der Waals surface area contributed by atoms with Crippen LogP contribution < -0.4 is 5.32 Å². The van der Waals surface area contributed by atoms with Gasteiger partial charge in [-0.1, -0.05) is 13.8 Å². The van der Waals surface area contributed by atoms with Crippen molar-refractivity contribution in [2.24, 2.45) is 4.99 Å². The molecule has 0 aromatic carbocycles. The van der Waals surface area contributed by atoms with Crippen LogP contribution in [0.4, 0.5) is 0 Å². The zero-order valence-electron chi connectivity index (χ0n) is 15.5. The van der Waals surface area contributed by atoms with Crippen molar-refractivity contribution in [3.63, 3.8) is 0 Å². The van der Waals surface area contributed by atoms with E-state index in [4.69, 9.17) is 14.5 Å². The Morgan fingerprint density at radius 2 is 2.24 bits per heavy atom. The van der Waals surface area contributed by atoms with Crippen LogP contribution in [-0.2, 0) is 15.9 Å². The average molecular weight is 367 g/mol. The van der Waals surface area contributed by atoms with Crippen molar-refractivity contribution < 1.29 is 9.47 Å². The van der Waals surface area contributed by atoms with E-state index in [0.717, 1.165) is 63.8 Å². The Labute approximate surface area is 154 Å². The minimum Gasteiger partial charge on any atom is -0.375 e. The molecule has 1 aromatic heterocycles. The second-order valence-corrected chi connectivity index (χ2v) is 7.85. The number of nitrogens with zero attached hydrogens (tertiary/aromatic N) is 3. The summed E-state index contributed by atoms with van der Waals surface area (Å²) in [5.41, 5.74) is 1.16. The van der Waals surface area contributed by atoms with Crippen molar-refractivity contribution in [3.8, 4) is 0 Å². The summed E-state index contributed by atoms with van der Waals surface area (Å²) in [4.78, 5) is 11.4. The van der Waals surface area contributed by atoms with Crippen LogP contribution in [0.5, 0.6) is 0 Å². The fraction of sp³-hybridized carbons (Fsp3) is 0.778. The highest BCUT2D eigenvalue weighted by molar-refractivity contribution is 7.09. The Balaban J connectivity index is 1.48. The Morgan fingerprint density at radius 3 is 2.92 bits per heavy atom. The Kier molecular flexibility index (Phi) is 6.67. The lowest BCUT2D eigenvalue weighted by Gasteiger charge is -2.37. The molecule has 2 unspecified atom stereocenters. The van der Waals surface area contributed by atoms with Gasteiger partial charge in [-0.2, -0.15) is 0 Å². The largest absolute Gasteiger partial charge is 0.375 e. The molecule has 0 spiro atoms. The zero-order chi connectivity index (χ0) is 17.6. The van der Waals surface area contributed by atoms with E-state index in [-0.39, 0.29) is 12.2 Å². The van der Waals surface area contributed by atoms with Crippen LogP contribution in [-0.4, -0.2) is 67.9 Å². The smallest absolute Gasteiger partial charge is 0.193 e. The molecule has 6 nitrogen and oxygen atoms in total. The number of ether oxygens (including phenoxy) is 2. The van der Waals surface area contributed by atoms with Crippen molar-refractivity contribution in [2.45, 2.75) is 51.2 Å². The summed E-state index contributed by atoms with van der Waals surface area (Å²) >= 11 is 1.75. The van der Waals surface area contributed by atoms with E-state index >= 15 is 0 Å². The number of thiazole rings is 1. The molecule has 2 fully saturated rings. The van der Waals surface area contributed by atoms with Crippen LogP contribution in [0.1, 0.15) is 43.3 Å². The molecule has 25 heavy (non-hydrogen) atoms. The molecule has 2 aliphatic rings. The predicted octanol–water partition coefficient (Wildman–Crippen LogP) is 2.26. The lowest BCUT2D eigenvalue weighted by Crippen LogP contribution is -2.53. The van der Waals surface area contributed by atoms with E-state index in [1.165, 1.54) is 5.01 Å². The highest BCUT2D eigenvalue weighted by Crippen LogP contribution is 2.21. The lowest BCUT2D eigenvalue weighted by molar-refractivity contribution is -0.0816. The van der Waals surface area contributed by atoms with Gasteiger partial charge in [-0.05, 0) is 12.8 Å². The molecule has 0 saturated carbocycles. The second-order valence-electron chi connectivity index (χ2n) is 6.96. The molecule has 0 aliphatic carbocycles. The molecule has 3 heterocycles. The number of hydrogen-bond donors (Lipinski definition) is 1. The first-order chi connectivity index (χ1) is 12.2. The summed E-state index contributed by atoms with van der Waals surface area (Å²) < 4.78 is 11.7. The maximum Gasteiger partial charge on any atom is 0.193 e. The number of morpholine rings is 1. The topological polar surface area (TPSA) is 59.0 Å². The van der Waals surface area contributed by atoms with Crippen molar-refractivity contribution in [1.82, 2.24) is 15.2 Å². The van der Waals surface area contributed by atoms with Crippen LogP contribution in [0.2, 0.25) is 0 Å². The van der Waals surface area contributed by atoms with Crippen molar-refractivity contribution >= 4 is 17.3 Å². The van der Waals surface area contributed by atoms with E-state index in [1.54, 1.807) is 11.3 Å². The molecule has 1 N–H and O–H groups in total. The Morgan fingerprint density at radius 1 is 1.40 bits per heavy atom. The maximum atomic E-state index is 5.93. The average Bonchev–Trinajstić information content (AvgIpc) is 3.30. The van der Waals surface area contributed by atoms with Crippen LogP contribution in [0.25, 0.3) is 0 Å². The first-order valence-corrected chi connectivity index (χ1v) is 10.2. The van der Waals surface area contributed by atoms with Crippen molar-refractivity contribution in [3.05, 3.63) is 16.1 Å². The summed E-state index contributed by atoms with van der Waals surface area (Å²) in [5.74, 6) is 1.45.